The SMILES string of the molecule is CCCCCOC(=O)N(C)CCC. The molecule has 0 heterocycles. The fourth-order valence-corrected chi connectivity index (χ4v) is 1.05. The minimum atomic E-state index is -0.196. The summed E-state index contributed by atoms with van der Waals surface area (Å²) in [6.07, 6.45) is 4.04. The number of carbonyl (C=O) groups excluding carboxylic acids is 1. The number of ether oxygens (including phenoxy) is 1. The summed E-state index contributed by atoms with van der Waals surface area (Å²) < 4.78 is 5.05. The van der Waals surface area contributed by atoms with Gasteiger partial charge in [0.1, 0.15) is 0 Å². The molecule has 0 aromatic carbocycles. The fourth-order valence-electron chi connectivity index (χ4n) is 1.05. The summed E-state index contributed by atoms with van der Waals surface area (Å²) in [4.78, 5) is 12.8. The van der Waals surface area contributed by atoms with Gasteiger partial charge in [-0.1, -0.05) is 26.7 Å². The van der Waals surface area contributed by atoms with Crippen LogP contribution in [0.3, 0.4) is 0 Å². The lowest BCUT2D eigenvalue weighted by Crippen LogP contribution is -2.28. The lowest BCUT2D eigenvalue weighted by Gasteiger charge is -2.15. The summed E-state index contributed by atoms with van der Waals surface area (Å²) >= 11 is 0. The average molecular weight is 187 g/mol. The predicted molar refractivity (Wildman–Crippen MR) is 53.8 cm³/mol. The Morgan fingerprint density at radius 2 is 1.92 bits per heavy atom. The van der Waals surface area contributed by atoms with Gasteiger partial charge in [0.05, 0.1) is 6.61 Å². The summed E-state index contributed by atoms with van der Waals surface area (Å²) in [5, 5.41) is 0. The molecule has 0 spiro atoms. The van der Waals surface area contributed by atoms with Crippen molar-refractivity contribution < 1.29 is 9.53 Å². The van der Waals surface area contributed by atoms with Crippen molar-refractivity contribution in [3.05, 3.63) is 0 Å². The van der Waals surface area contributed by atoms with Crippen LogP contribution in [0.25, 0.3) is 0 Å². The molecule has 0 fully saturated rings. The Labute approximate surface area is 81.1 Å². The number of rotatable bonds is 6. The Balaban J connectivity index is 3.38. The minimum Gasteiger partial charge on any atom is -0.449 e. The van der Waals surface area contributed by atoms with Crippen molar-refractivity contribution >= 4 is 6.09 Å². The second-order valence-corrected chi connectivity index (χ2v) is 3.24. The molecular formula is C10H21NO2. The van der Waals surface area contributed by atoms with Crippen LogP contribution in [0, 0.1) is 0 Å². The van der Waals surface area contributed by atoms with Crippen LogP contribution in [0.2, 0.25) is 0 Å². The van der Waals surface area contributed by atoms with E-state index in [9.17, 15) is 4.79 Å². The number of carbonyl (C=O) groups is 1. The maximum absolute atomic E-state index is 11.2. The third-order valence-corrected chi connectivity index (χ3v) is 1.84. The molecule has 0 aliphatic rings. The van der Waals surface area contributed by atoms with Gasteiger partial charge >= 0.3 is 6.09 Å². The van der Waals surface area contributed by atoms with Crippen molar-refractivity contribution in [1.29, 1.82) is 0 Å². The minimum absolute atomic E-state index is 0.196. The van der Waals surface area contributed by atoms with E-state index in [1.54, 1.807) is 11.9 Å². The van der Waals surface area contributed by atoms with Crippen LogP contribution in [-0.4, -0.2) is 31.2 Å². The second-order valence-electron chi connectivity index (χ2n) is 3.24. The van der Waals surface area contributed by atoms with Crippen LogP contribution in [0.5, 0.6) is 0 Å². The number of hydrogen-bond acceptors (Lipinski definition) is 2. The molecule has 0 atom stereocenters. The first-order valence-electron chi connectivity index (χ1n) is 5.10. The number of nitrogens with zero attached hydrogens (tertiary/aromatic N) is 1. The zero-order valence-corrected chi connectivity index (χ0v) is 9.01. The highest BCUT2D eigenvalue weighted by molar-refractivity contribution is 5.67. The van der Waals surface area contributed by atoms with Crippen LogP contribution < -0.4 is 0 Å². The maximum atomic E-state index is 11.2. The van der Waals surface area contributed by atoms with Crippen molar-refractivity contribution in [1.82, 2.24) is 4.90 Å². The largest absolute Gasteiger partial charge is 0.449 e. The molecule has 3 nitrogen and oxygen atoms in total. The van der Waals surface area contributed by atoms with E-state index in [-0.39, 0.29) is 6.09 Å². The maximum Gasteiger partial charge on any atom is 0.409 e. The van der Waals surface area contributed by atoms with Gasteiger partial charge in [0.15, 0.2) is 0 Å². The standard InChI is InChI=1S/C10H21NO2/c1-4-6-7-9-13-10(12)11(3)8-5-2/h4-9H2,1-3H3. The van der Waals surface area contributed by atoms with E-state index >= 15 is 0 Å². The molecule has 0 aliphatic carbocycles. The van der Waals surface area contributed by atoms with Crippen molar-refractivity contribution in [2.45, 2.75) is 39.5 Å². The van der Waals surface area contributed by atoms with E-state index in [1.807, 2.05) is 6.92 Å². The number of unbranched alkanes of at least 4 members (excludes halogenated alkanes) is 2. The normalized spacial score (nSPS) is 9.77. The Morgan fingerprint density at radius 3 is 2.46 bits per heavy atom. The topological polar surface area (TPSA) is 29.5 Å². The lowest BCUT2D eigenvalue weighted by molar-refractivity contribution is 0.109. The fraction of sp³-hybridized carbons (Fsp3) is 0.900. The smallest absolute Gasteiger partial charge is 0.409 e. The molecule has 1 amide bonds. The van der Waals surface area contributed by atoms with Gasteiger partial charge in [0, 0.05) is 13.6 Å². The first-order valence-corrected chi connectivity index (χ1v) is 5.10. The van der Waals surface area contributed by atoms with Gasteiger partial charge in [0.2, 0.25) is 0 Å². The molecule has 0 saturated carbocycles. The molecule has 0 aliphatic heterocycles. The first-order chi connectivity index (χ1) is 6.22. The Hall–Kier alpha value is -0.730. The van der Waals surface area contributed by atoms with Crippen LogP contribution in [-0.2, 0) is 4.74 Å². The van der Waals surface area contributed by atoms with Crippen molar-refractivity contribution in [3.8, 4) is 0 Å². The summed E-state index contributed by atoms with van der Waals surface area (Å²) in [6, 6.07) is 0. The van der Waals surface area contributed by atoms with E-state index in [1.165, 1.54) is 0 Å². The van der Waals surface area contributed by atoms with Crippen LogP contribution in [0.4, 0.5) is 4.79 Å². The summed E-state index contributed by atoms with van der Waals surface area (Å²) in [5.41, 5.74) is 0. The zero-order chi connectivity index (χ0) is 10.1. The summed E-state index contributed by atoms with van der Waals surface area (Å²) in [7, 11) is 1.77. The van der Waals surface area contributed by atoms with E-state index < -0.39 is 0 Å². The average Bonchev–Trinajstić information content (AvgIpc) is 2.12. The van der Waals surface area contributed by atoms with E-state index in [4.69, 9.17) is 4.74 Å². The van der Waals surface area contributed by atoms with Crippen LogP contribution in [0.15, 0.2) is 0 Å². The first kappa shape index (κ1) is 12.3. The van der Waals surface area contributed by atoms with Crippen molar-refractivity contribution in [3.63, 3.8) is 0 Å². The molecule has 0 aromatic heterocycles. The van der Waals surface area contributed by atoms with Crippen molar-refractivity contribution in [2.24, 2.45) is 0 Å². The van der Waals surface area contributed by atoms with Gasteiger partial charge < -0.3 is 9.64 Å². The highest BCUT2D eigenvalue weighted by atomic mass is 16.6. The van der Waals surface area contributed by atoms with Gasteiger partial charge in [-0.15, -0.1) is 0 Å². The molecular weight excluding hydrogens is 166 g/mol. The van der Waals surface area contributed by atoms with Gasteiger partial charge in [-0.05, 0) is 12.8 Å². The molecule has 3 heteroatoms. The highest BCUT2D eigenvalue weighted by Crippen LogP contribution is 1.97. The summed E-state index contributed by atoms with van der Waals surface area (Å²) in [6.45, 7) is 5.50. The Morgan fingerprint density at radius 1 is 1.23 bits per heavy atom. The Kier molecular flexibility index (Phi) is 7.45. The van der Waals surface area contributed by atoms with Crippen molar-refractivity contribution in [2.75, 3.05) is 20.2 Å². The Bertz CT molecular complexity index is 137. The van der Waals surface area contributed by atoms with Gasteiger partial charge in [-0.3, -0.25) is 0 Å². The second kappa shape index (κ2) is 7.90. The molecule has 0 rings (SSSR count). The molecule has 0 radical (unpaired) electrons. The molecule has 0 N–H and O–H groups in total. The van der Waals surface area contributed by atoms with E-state index in [0.717, 1.165) is 32.2 Å². The molecule has 0 bridgehead atoms. The number of amides is 1. The zero-order valence-electron chi connectivity index (χ0n) is 9.01. The van der Waals surface area contributed by atoms with Crippen LogP contribution in [0.1, 0.15) is 39.5 Å². The van der Waals surface area contributed by atoms with Gasteiger partial charge in [-0.2, -0.15) is 0 Å². The summed E-state index contributed by atoms with van der Waals surface area (Å²) in [5.74, 6) is 0. The molecule has 0 saturated heterocycles. The number of hydrogen-bond donors (Lipinski definition) is 0. The molecule has 0 aromatic rings. The van der Waals surface area contributed by atoms with E-state index in [0.29, 0.717) is 6.61 Å². The van der Waals surface area contributed by atoms with E-state index in [2.05, 4.69) is 6.92 Å². The third kappa shape index (κ3) is 6.43. The predicted octanol–water partition coefficient (Wildman–Crippen LogP) is 2.66. The third-order valence-electron chi connectivity index (χ3n) is 1.84. The van der Waals surface area contributed by atoms with Gasteiger partial charge in [0.25, 0.3) is 0 Å². The highest BCUT2D eigenvalue weighted by Gasteiger charge is 2.07. The lowest BCUT2D eigenvalue weighted by atomic mass is 10.3. The molecule has 13 heavy (non-hydrogen) atoms. The monoisotopic (exact) mass is 187 g/mol. The quantitative estimate of drug-likeness (QED) is 0.598. The van der Waals surface area contributed by atoms with Crippen LogP contribution >= 0.6 is 0 Å². The molecule has 78 valence electrons. The molecule has 0 unspecified atom stereocenters. The van der Waals surface area contributed by atoms with Gasteiger partial charge in [-0.25, -0.2) is 4.79 Å².